The van der Waals surface area contributed by atoms with Gasteiger partial charge in [0.25, 0.3) is 0 Å². The number of anilines is 1. The number of rotatable bonds is 5. The number of nitrogens with zero attached hydrogens (tertiary/aromatic N) is 5. The molecular weight excluding hydrogens is 650 g/mol. The Kier molecular flexibility index (Phi) is 7.24. The quantitative estimate of drug-likeness (QED) is 0.156. The molecule has 3 aliphatic rings. The molecule has 2 saturated heterocycles. The van der Waals surface area contributed by atoms with Crippen molar-refractivity contribution in [3.63, 3.8) is 0 Å². The first-order valence-electron chi connectivity index (χ1n) is 15.3. The summed E-state index contributed by atoms with van der Waals surface area (Å²) in [5, 5.41) is 1.35. The summed E-state index contributed by atoms with van der Waals surface area (Å²) in [6.07, 6.45) is 2.34. The molecule has 1 aromatic heterocycles. The van der Waals surface area contributed by atoms with Gasteiger partial charge in [-0.25, -0.2) is 9.97 Å². The fraction of sp³-hybridized carbons (Fsp3) is 0.250. The fourth-order valence-electron chi connectivity index (χ4n) is 7.32. The molecular formula is C36H31BrClN5O2. The Hall–Kier alpha value is -3.98. The van der Waals surface area contributed by atoms with Crippen molar-refractivity contribution < 1.29 is 9.53 Å². The third kappa shape index (κ3) is 4.69. The normalized spacial score (nSPS) is 21.0. The Labute approximate surface area is 275 Å². The SMILES string of the molecule is O=C(C1CN1C(c1ccccc1)(c1ccccc1)c1ccccc1)N1CCN2c3ncnc4cc(Br)c(Cl)c(c34)OCC[C@@H]2C1. The van der Waals surface area contributed by atoms with Crippen LogP contribution < -0.4 is 9.64 Å². The summed E-state index contributed by atoms with van der Waals surface area (Å²) in [5.74, 6) is 1.59. The van der Waals surface area contributed by atoms with E-state index < -0.39 is 5.54 Å². The zero-order valence-corrected chi connectivity index (χ0v) is 26.9. The number of aromatic nitrogens is 2. The second kappa shape index (κ2) is 11.4. The number of hydrogen-bond acceptors (Lipinski definition) is 6. The average molecular weight is 681 g/mol. The van der Waals surface area contributed by atoms with E-state index in [0.29, 0.717) is 43.6 Å². The van der Waals surface area contributed by atoms with E-state index >= 15 is 0 Å². The highest BCUT2D eigenvalue weighted by atomic mass is 79.9. The highest BCUT2D eigenvalue weighted by molar-refractivity contribution is 9.10. The third-order valence-electron chi connectivity index (χ3n) is 9.42. The number of hydrogen-bond donors (Lipinski definition) is 0. The van der Waals surface area contributed by atoms with Crippen LogP contribution in [0.2, 0.25) is 5.02 Å². The van der Waals surface area contributed by atoms with Crippen LogP contribution in [0, 0.1) is 0 Å². The Morgan fingerprint density at radius 3 is 2.11 bits per heavy atom. The molecule has 3 atom stereocenters. The van der Waals surface area contributed by atoms with Crippen molar-refractivity contribution in [2.24, 2.45) is 0 Å². The number of amides is 1. The predicted molar refractivity (Wildman–Crippen MR) is 180 cm³/mol. The van der Waals surface area contributed by atoms with Crippen LogP contribution in [0.3, 0.4) is 0 Å². The van der Waals surface area contributed by atoms with Crippen molar-refractivity contribution in [3.05, 3.63) is 130 Å². The molecule has 4 heterocycles. The fourth-order valence-corrected chi connectivity index (χ4v) is 7.92. The molecule has 2 fully saturated rings. The molecule has 0 saturated carbocycles. The van der Waals surface area contributed by atoms with Gasteiger partial charge >= 0.3 is 0 Å². The number of carbonyl (C=O) groups excluding carboxylic acids is 1. The summed E-state index contributed by atoms with van der Waals surface area (Å²) >= 11 is 10.2. The zero-order chi connectivity index (χ0) is 30.5. The summed E-state index contributed by atoms with van der Waals surface area (Å²) in [4.78, 5) is 30.3. The molecule has 7 nitrogen and oxygen atoms in total. The number of piperazine rings is 1. The van der Waals surface area contributed by atoms with E-state index in [-0.39, 0.29) is 18.0 Å². The Morgan fingerprint density at radius 2 is 1.49 bits per heavy atom. The lowest BCUT2D eigenvalue weighted by molar-refractivity contribution is -0.132. The van der Waals surface area contributed by atoms with Gasteiger partial charge in [-0.1, -0.05) is 103 Å². The Balaban J connectivity index is 1.12. The van der Waals surface area contributed by atoms with Gasteiger partial charge in [-0.2, -0.15) is 0 Å². The van der Waals surface area contributed by atoms with Crippen molar-refractivity contribution in [2.75, 3.05) is 37.7 Å². The summed E-state index contributed by atoms with van der Waals surface area (Å²) in [5.41, 5.74) is 3.63. The molecule has 226 valence electrons. The smallest absolute Gasteiger partial charge is 0.241 e. The molecule has 0 N–H and O–H groups in total. The molecule has 8 rings (SSSR count). The van der Waals surface area contributed by atoms with Crippen molar-refractivity contribution in [1.29, 1.82) is 0 Å². The van der Waals surface area contributed by atoms with E-state index in [2.05, 4.69) is 104 Å². The molecule has 3 aliphatic heterocycles. The maximum Gasteiger partial charge on any atom is 0.241 e. The van der Waals surface area contributed by atoms with Crippen LogP contribution in [0.5, 0.6) is 5.75 Å². The van der Waals surface area contributed by atoms with Crippen LogP contribution in [-0.4, -0.2) is 70.5 Å². The molecule has 9 heteroatoms. The van der Waals surface area contributed by atoms with Crippen LogP contribution in [0.25, 0.3) is 10.9 Å². The molecule has 1 amide bonds. The molecule has 5 aromatic rings. The van der Waals surface area contributed by atoms with E-state index in [1.54, 1.807) is 6.33 Å². The van der Waals surface area contributed by atoms with E-state index in [4.69, 9.17) is 21.3 Å². The molecule has 0 aliphatic carbocycles. The highest BCUT2D eigenvalue weighted by Crippen LogP contribution is 2.49. The van der Waals surface area contributed by atoms with Crippen LogP contribution >= 0.6 is 27.5 Å². The second-order valence-electron chi connectivity index (χ2n) is 11.8. The summed E-state index contributed by atoms with van der Waals surface area (Å²) in [6, 6.07) is 33.4. The minimum atomic E-state index is -0.593. The first-order valence-corrected chi connectivity index (χ1v) is 16.5. The first kappa shape index (κ1) is 28.5. The van der Waals surface area contributed by atoms with Gasteiger partial charge in [0, 0.05) is 37.1 Å². The summed E-state index contributed by atoms with van der Waals surface area (Å²) in [6.45, 7) is 3.05. The van der Waals surface area contributed by atoms with Crippen LogP contribution in [0.4, 0.5) is 5.82 Å². The Bertz CT molecular complexity index is 1780. The van der Waals surface area contributed by atoms with Gasteiger partial charge in [0.1, 0.15) is 18.2 Å². The van der Waals surface area contributed by atoms with Gasteiger partial charge in [0.05, 0.1) is 34.1 Å². The third-order valence-corrected chi connectivity index (χ3v) is 10.7. The first-order chi connectivity index (χ1) is 22.1. The lowest BCUT2D eigenvalue weighted by Crippen LogP contribution is -2.57. The van der Waals surface area contributed by atoms with Crippen molar-refractivity contribution in [1.82, 2.24) is 19.8 Å². The van der Waals surface area contributed by atoms with E-state index in [0.717, 1.165) is 44.3 Å². The molecule has 0 radical (unpaired) electrons. The van der Waals surface area contributed by atoms with Gasteiger partial charge in [-0.05, 0) is 38.7 Å². The second-order valence-corrected chi connectivity index (χ2v) is 13.1. The monoisotopic (exact) mass is 679 g/mol. The van der Waals surface area contributed by atoms with Crippen LogP contribution in [-0.2, 0) is 10.3 Å². The van der Waals surface area contributed by atoms with Crippen LogP contribution in [0.1, 0.15) is 23.1 Å². The zero-order valence-electron chi connectivity index (χ0n) is 24.5. The Morgan fingerprint density at radius 1 is 0.867 bits per heavy atom. The molecule has 0 bridgehead atoms. The van der Waals surface area contributed by atoms with Crippen LogP contribution in [0.15, 0.2) is 108 Å². The highest BCUT2D eigenvalue weighted by Gasteiger charge is 2.57. The molecule has 2 unspecified atom stereocenters. The van der Waals surface area contributed by atoms with Crippen molar-refractivity contribution >= 4 is 50.2 Å². The van der Waals surface area contributed by atoms with Crippen molar-refractivity contribution in [2.45, 2.75) is 24.0 Å². The molecule has 45 heavy (non-hydrogen) atoms. The predicted octanol–water partition coefficient (Wildman–Crippen LogP) is 6.52. The largest absolute Gasteiger partial charge is 0.491 e. The standard InChI is InChI=1S/C36H31BrClN5O2/c37-28-20-29-31-33(32(28)38)45-19-16-27-21-41(17-18-42(27)34(31)40-23-39-29)35(44)30-22-43(30)36(24-10-4-1-5-11-24,25-12-6-2-7-13-25)26-14-8-3-9-15-26/h1-15,20,23,27,30H,16-19,21-22H2/t27-,30?,43?/m1/s1. The minimum Gasteiger partial charge on any atom is -0.491 e. The number of fused-ring (bicyclic) bond motifs is 2. The lowest BCUT2D eigenvalue weighted by Gasteiger charge is -2.44. The number of halogens is 2. The lowest BCUT2D eigenvalue weighted by atomic mass is 9.76. The molecule has 4 aromatic carbocycles. The summed E-state index contributed by atoms with van der Waals surface area (Å²) < 4.78 is 6.99. The van der Waals surface area contributed by atoms with Gasteiger partial charge in [0.2, 0.25) is 5.91 Å². The maximum absolute atomic E-state index is 14.4. The molecule has 0 spiro atoms. The number of carbonyl (C=O) groups is 1. The van der Waals surface area contributed by atoms with Gasteiger partial charge < -0.3 is 14.5 Å². The topological polar surface area (TPSA) is 61.6 Å². The van der Waals surface area contributed by atoms with E-state index in [1.807, 2.05) is 29.2 Å². The van der Waals surface area contributed by atoms with Gasteiger partial charge in [-0.3, -0.25) is 9.69 Å². The maximum atomic E-state index is 14.4. The minimum absolute atomic E-state index is 0.0608. The number of ether oxygens (including phenoxy) is 1. The van der Waals surface area contributed by atoms with E-state index in [1.165, 1.54) is 0 Å². The summed E-state index contributed by atoms with van der Waals surface area (Å²) in [7, 11) is 0. The average Bonchev–Trinajstić information content (AvgIpc) is 3.88. The van der Waals surface area contributed by atoms with E-state index in [9.17, 15) is 4.79 Å². The van der Waals surface area contributed by atoms with Gasteiger partial charge in [0.15, 0.2) is 5.75 Å². The number of benzene rings is 4. The van der Waals surface area contributed by atoms with Crippen molar-refractivity contribution in [3.8, 4) is 5.75 Å². The van der Waals surface area contributed by atoms with Gasteiger partial charge in [-0.15, -0.1) is 0 Å².